The van der Waals surface area contributed by atoms with E-state index in [0.717, 1.165) is 6.07 Å². The van der Waals surface area contributed by atoms with Crippen molar-refractivity contribution in [3.63, 3.8) is 0 Å². The van der Waals surface area contributed by atoms with Gasteiger partial charge in [-0.25, -0.2) is 8.78 Å². The van der Waals surface area contributed by atoms with E-state index in [1.54, 1.807) is 18.2 Å². The Labute approximate surface area is 114 Å². The Bertz CT molecular complexity index is 523. The Morgan fingerprint density at radius 2 is 1.89 bits per heavy atom. The van der Waals surface area contributed by atoms with Crippen LogP contribution in [-0.4, -0.2) is 0 Å². The van der Waals surface area contributed by atoms with Crippen LogP contribution in [0.25, 0.3) is 0 Å². The van der Waals surface area contributed by atoms with Gasteiger partial charge in [-0.2, -0.15) is 0 Å². The second-order valence-corrected chi connectivity index (χ2v) is 4.55. The number of benzene rings is 2. The molecule has 5 heteroatoms. The Kier molecular flexibility index (Phi) is 4.09. The molecule has 0 aliphatic carbocycles. The molecule has 0 bridgehead atoms. The number of ether oxygens (including phenoxy) is 1. The van der Waals surface area contributed by atoms with Crippen LogP contribution in [-0.2, 0) is 6.61 Å². The van der Waals surface area contributed by atoms with Gasteiger partial charge in [0.25, 0.3) is 0 Å². The summed E-state index contributed by atoms with van der Waals surface area (Å²) in [4.78, 5) is 0.560. The molecule has 0 saturated heterocycles. The third kappa shape index (κ3) is 3.15. The van der Waals surface area contributed by atoms with Gasteiger partial charge in [-0.15, -0.1) is 12.6 Å². The zero-order valence-electron chi connectivity index (χ0n) is 9.16. The molecule has 0 amide bonds. The van der Waals surface area contributed by atoms with Gasteiger partial charge >= 0.3 is 0 Å². The molecule has 0 saturated carbocycles. The molecular weight excluding hydrogens is 278 g/mol. The summed E-state index contributed by atoms with van der Waals surface area (Å²) in [7, 11) is 0. The minimum Gasteiger partial charge on any atom is -0.488 e. The summed E-state index contributed by atoms with van der Waals surface area (Å²) in [6, 6.07) is 8.27. The predicted molar refractivity (Wildman–Crippen MR) is 69.4 cm³/mol. The molecule has 18 heavy (non-hydrogen) atoms. The molecule has 2 aromatic rings. The zero-order chi connectivity index (χ0) is 13.1. The van der Waals surface area contributed by atoms with Crippen molar-refractivity contribution >= 4 is 24.2 Å². The Balaban J connectivity index is 2.11. The van der Waals surface area contributed by atoms with Gasteiger partial charge < -0.3 is 4.74 Å². The molecule has 0 fully saturated rings. The lowest BCUT2D eigenvalue weighted by Crippen LogP contribution is -1.99. The molecule has 0 aliphatic rings. The fourth-order valence-electron chi connectivity index (χ4n) is 1.41. The van der Waals surface area contributed by atoms with E-state index in [2.05, 4.69) is 12.6 Å². The first kappa shape index (κ1) is 13.2. The van der Waals surface area contributed by atoms with E-state index in [1.165, 1.54) is 12.1 Å². The molecule has 1 nitrogen and oxygen atoms in total. The molecule has 0 spiro atoms. The summed E-state index contributed by atoms with van der Waals surface area (Å²) < 4.78 is 31.5. The Morgan fingerprint density at radius 1 is 1.11 bits per heavy atom. The van der Waals surface area contributed by atoms with Crippen molar-refractivity contribution < 1.29 is 13.5 Å². The van der Waals surface area contributed by atoms with Crippen LogP contribution in [0.15, 0.2) is 41.3 Å². The first-order valence-electron chi connectivity index (χ1n) is 5.11. The summed E-state index contributed by atoms with van der Waals surface area (Å²) in [5.41, 5.74) is 0.277. The van der Waals surface area contributed by atoms with Gasteiger partial charge in [0.1, 0.15) is 24.0 Å². The summed E-state index contributed by atoms with van der Waals surface area (Å²) in [5.74, 6) is -0.756. The standard InChI is InChI=1S/C13H9ClF2OS/c14-9-2-4-12(13(18)5-9)17-7-8-1-3-10(15)6-11(8)16/h1-6,18H,7H2. The molecule has 0 radical (unpaired) electrons. The Morgan fingerprint density at radius 3 is 2.56 bits per heavy atom. The average molecular weight is 287 g/mol. The van der Waals surface area contributed by atoms with Gasteiger partial charge in [0.2, 0.25) is 0 Å². The van der Waals surface area contributed by atoms with Crippen molar-refractivity contribution in [2.75, 3.05) is 0 Å². The van der Waals surface area contributed by atoms with Crippen molar-refractivity contribution in [1.82, 2.24) is 0 Å². The average Bonchev–Trinajstić information content (AvgIpc) is 2.30. The van der Waals surface area contributed by atoms with Gasteiger partial charge in [-0.1, -0.05) is 11.6 Å². The van der Waals surface area contributed by atoms with Gasteiger partial charge in [0, 0.05) is 21.5 Å². The molecule has 94 valence electrons. The fourth-order valence-corrected chi connectivity index (χ4v) is 1.93. The van der Waals surface area contributed by atoms with Crippen molar-refractivity contribution in [3.05, 3.63) is 58.6 Å². The van der Waals surface area contributed by atoms with Crippen LogP contribution in [0.3, 0.4) is 0 Å². The quantitative estimate of drug-likeness (QED) is 0.818. The fraction of sp³-hybridized carbons (Fsp3) is 0.0769. The highest BCUT2D eigenvalue weighted by molar-refractivity contribution is 7.80. The lowest BCUT2D eigenvalue weighted by molar-refractivity contribution is 0.292. The van der Waals surface area contributed by atoms with Gasteiger partial charge in [-0.3, -0.25) is 0 Å². The first-order chi connectivity index (χ1) is 8.56. The molecule has 0 atom stereocenters. The normalized spacial score (nSPS) is 10.4. The van der Waals surface area contributed by atoms with Crippen molar-refractivity contribution in [2.24, 2.45) is 0 Å². The van der Waals surface area contributed by atoms with Gasteiger partial charge in [0.05, 0.1) is 0 Å². The van der Waals surface area contributed by atoms with Crippen LogP contribution in [0, 0.1) is 11.6 Å². The molecule has 2 aromatic carbocycles. The van der Waals surface area contributed by atoms with E-state index < -0.39 is 11.6 Å². The number of rotatable bonds is 3. The SMILES string of the molecule is Fc1ccc(COc2ccc(Cl)cc2S)c(F)c1. The van der Waals surface area contributed by atoms with E-state index in [0.29, 0.717) is 15.7 Å². The number of halogens is 3. The van der Waals surface area contributed by atoms with Crippen LogP contribution in [0.1, 0.15) is 5.56 Å². The van der Waals surface area contributed by atoms with Crippen LogP contribution in [0.5, 0.6) is 5.75 Å². The van der Waals surface area contributed by atoms with E-state index in [1.807, 2.05) is 0 Å². The molecule has 0 aromatic heterocycles. The number of hydrogen-bond donors (Lipinski definition) is 1. The molecule has 2 rings (SSSR count). The predicted octanol–water partition coefficient (Wildman–Crippen LogP) is 4.49. The summed E-state index contributed by atoms with van der Waals surface area (Å²) in [6.45, 7) is 0.00130. The third-order valence-corrected chi connectivity index (χ3v) is 2.90. The van der Waals surface area contributed by atoms with Gasteiger partial charge in [-0.05, 0) is 30.3 Å². The van der Waals surface area contributed by atoms with Crippen molar-refractivity contribution in [2.45, 2.75) is 11.5 Å². The highest BCUT2D eigenvalue weighted by Crippen LogP contribution is 2.26. The van der Waals surface area contributed by atoms with E-state index in [-0.39, 0.29) is 12.2 Å². The third-order valence-electron chi connectivity index (χ3n) is 2.32. The van der Waals surface area contributed by atoms with Crippen LogP contribution in [0.2, 0.25) is 5.02 Å². The smallest absolute Gasteiger partial charge is 0.133 e. The maximum atomic E-state index is 13.4. The maximum absolute atomic E-state index is 13.4. The summed E-state index contributed by atoms with van der Waals surface area (Å²) in [5, 5.41) is 0.542. The number of thiol groups is 1. The monoisotopic (exact) mass is 286 g/mol. The molecular formula is C13H9ClF2OS. The second-order valence-electron chi connectivity index (χ2n) is 3.64. The molecule has 0 heterocycles. The van der Waals surface area contributed by atoms with Crippen molar-refractivity contribution in [3.8, 4) is 5.75 Å². The molecule has 0 aliphatic heterocycles. The van der Waals surface area contributed by atoms with Crippen LogP contribution in [0.4, 0.5) is 8.78 Å². The second kappa shape index (κ2) is 5.59. The molecule has 0 unspecified atom stereocenters. The van der Waals surface area contributed by atoms with Gasteiger partial charge in [0.15, 0.2) is 0 Å². The van der Waals surface area contributed by atoms with Crippen LogP contribution >= 0.6 is 24.2 Å². The molecule has 0 N–H and O–H groups in total. The van der Waals surface area contributed by atoms with E-state index >= 15 is 0 Å². The topological polar surface area (TPSA) is 9.23 Å². The zero-order valence-corrected chi connectivity index (χ0v) is 10.8. The minimum absolute atomic E-state index is 0.00130. The first-order valence-corrected chi connectivity index (χ1v) is 5.94. The highest BCUT2D eigenvalue weighted by atomic mass is 35.5. The highest BCUT2D eigenvalue weighted by Gasteiger charge is 2.06. The maximum Gasteiger partial charge on any atom is 0.133 e. The summed E-state index contributed by atoms with van der Waals surface area (Å²) >= 11 is 9.96. The summed E-state index contributed by atoms with van der Waals surface area (Å²) in [6.07, 6.45) is 0. The largest absolute Gasteiger partial charge is 0.488 e. The van der Waals surface area contributed by atoms with Crippen LogP contribution < -0.4 is 4.74 Å². The lowest BCUT2D eigenvalue weighted by atomic mass is 10.2. The Hall–Kier alpha value is -1.26. The minimum atomic E-state index is -0.635. The number of hydrogen-bond acceptors (Lipinski definition) is 2. The van der Waals surface area contributed by atoms with E-state index in [9.17, 15) is 8.78 Å². The lowest BCUT2D eigenvalue weighted by Gasteiger charge is -2.09. The van der Waals surface area contributed by atoms with Crippen molar-refractivity contribution in [1.29, 1.82) is 0 Å². The van der Waals surface area contributed by atoms with E-state index in [4.69, 9.17) is 16.3 Å².